The second-order valence-electron chi connectivity index (χ2n) is 4.59. The van der Waals surface area contributed by atoms with Crippen LogP contribution in [0.4, 0.5) is 0 Å². The lowest BCUT2D eigenvalue weighted by atomic mass is 9.96. The molecule has 0 aliphatic carbocycles. The maximum Gasteiger partial charge on any atom is 0.250 e. The number of pyridine rings is 1. The Labute approximate surface area is 96.5 Å². The number of nitrogens with zero attached hydrogens (tertiary/aromatic N) is 1. The Bertz CT molecular complexity index is 411. The summed E-state index contributed by atoms with van der Waals surface area (Å²) in [6, 6.07) is 2.53. The van der Waals surface area contributed by atoms with Crippen LogP contribution >= 0.6 is 0 Å². The fourth-order valence-electron chi connectivity index (χ4n) is 2.56. The van der Waals surface area contributed by atoms with Crippen LogP contribution in [-0.2, 0) is 0 Å². The predicted molar refractivity (Wildman–Crippen MR) is 65.6 cm³/mol. The van der Waals surface area contributed by atoms with Crippen LogP contribution in [0.2, 0.25) is 0 Å². The van der Waals surface area contributed by atoms with Crippen molar-refractivity contribution < 1.29 is 0 Å². The van der Waals surface area contributed by atoms with Gasteiger partial charge in [-0.15, -0.1) is 0 Å². The third-order valence-electron chi connectivity index (χ3n) is 3.52. The number of piperidine rings is 1. The van der Waals surface area contributed by atoms with E-state index in [4.69, 9.17) is 0 Å². The minimum Gasteiger partial charge on any atom is -0.329 e. The lowest BCUT2D eigenvalue weighted by molar-refractivity contribution is 0.157. The fraction of sp³-hybridized carbons (Fsp3) is 0.615. The summed E-state index contributed by atoms with van der Waals surface area (Å²) in [4.78, 5) is 16.7. The SMILES string of the molecule is CCN1CCCC[C@H]1c1c[nH]c(=O)c(C)c1. The van der Waals surface area contributed by atoms with Gasteiger partial charge in [0.15, 0.2) is 0 Å². The van der Waals surface area contributed by atoms with Crippen LogP contribution in [0.1, 0.15) is 43.4 Å². The zero-order valence-electron chi connectivity index (χ0n) is 10.1. The van der Waals surface area contributed by atoms with Crippen molar-refractivity contribution in [2.24, 2.45) is 0 Å². The Balaban J connectivity index is 2.27. The van der Waals surface area contributed by atoms with Crippen LogP contribution in [0.3, 0.4) is 0 Å². The molecule has 0 aromatic carbocycles. The second kappa shape index (κ2) is 4.83. The molecule has 0 radical (unpaired) electrons. The number of aromatic amines is 1. The zero-order chi connectivity index (χ0) is 11.5. The smallest absolute Gasteiger partial charge is 0.250 e. The highest BCUT2D eigenvalue weighted by molar-refractivity contribution is 5.20. The Hall–Kier alpha value is -1.09. The largest absolute Gasteiger partial charge is 0.329 e. The molecule has 0 bridgehead atoms. The van der Waals surface area contributed by atoms with Crippen molar-refractivity contribution in [1.29, 1.82) is 0 Å². The first-order valence-electron chi connectivity index (χ1n) is 6.15. The maximum atomic E-state index is 11.3. The van der Waals surface area contributed by atoms with E-state index >= 15 is 0 Å². The summed E-state index contributed by atoms with van der Waals surface area (Å²) in [5.41, 5.74) is 2.11. The molecule has 0 saturated carbocycles. The number of rotatable bonds is 2. The molecule has 0 amide bonds. The summed E-state index contributed by atoms with van der Waals surface area (Å²) < 4.78 is 0. The molecular formula is C13H20N2O. The van der Waals surface area contributed by atoms with Crippen molar-refractivity contribution in [2.45, 2.75) is 39.2 Å². The van der Waals surface area contributed by atoms with Gasteiger partial charge in [0.05, 0.1) is 0 Å². The molecule has 3 heteroatoms. The summed E-state index contributed by atoms with van der Waals surface area (Å²) in [6.07, 6.45) is 5.68. The van der Waals surface area contributed by atoms with E-state index in [2.05, 4.69) is 16.8 Å². The van der Waals surface area contributed by atoms with E-state index in [0.717, 1.165) is 12.1 Å². The minimum atomic E-state index is 0.0302. The Morgan fingerprint density at radius 2 is 2.31 bits per heavy atom. The maximum absolute atomic E-state index is 11.3. The first kappa shape index (κ1) is 11.4. The van der Waals surface area contributed by atoms with E-state index in [1.807, 2.05) is 19.2 Å². The van der Waals surface area contributed by atoms with Gasteiger partial charge in [-0.25, -0.2) is 0 Å². The molecule has 1 atom stereocenters. The van der Waals surface area contributed by atoms with Crippen molar-refractivity contribution >= 4 is 0 Å². The molecule has 2 heterocycles. The monoisotopic (exact) mass is 220 g/mol. The number of H-pyrrole nitrogens is 1. The van der Waals surface area contributed by atoms with E-state index < -0.39 is 0 Å². The highest BCUT2D eigenvalue weighted by Crippen LogP contribution is 2.29. The molecule has 1 aliphatic heterocycles. The molecule has 1 fully saturated rings. The number of likely N-dealkylation sites (tertiary alicyclic amines) is 1. The summed E-state index contributed by atoms with van der Waals surface area (Å²) in [6.45, 7) is 6.35. The third-order valence-corrected chi connectivity index (χ3v) is 3.52. The lowest BCUT2D eigenvalue weighted by Crippen LogP contribution is -2.33. The van der Waals surface area contributed by atoms with Gasteiger partial charge in [-0.3, -0.25) is 9.69 Å². The van der Waals surface area contributed by atoms with Gasteiger partial charge >= 0.3 is 0 Å². The van der Waals surface area contributed by atoms with Crippen molar-refractivity contribution in [2.75, 3.05) is 13.1 Å². The average molecular weight is 220 g/mol. The molecule has 1 saturated heterocycles. The summed E-state index contributed by atoms with van der Waals surface area (Å²) in [5, 5.41) is 0. The molecule has 3 nitrogen and oxygen atoms in total. The zero-order valence-corrected chi connectivity index (χ0v) is 10.1. The number of hydrogen-bond donors (Lipinski definition) is 1. The molecule has 1 aromatic heterocycles. The van der Waals surface area contributed by atoms with Crippen molar-refractivity contribution in [1.82, 2.24) is 9.88 Å². The van der Waals surface area contributed by atoms with Gasteiger partial charge in [-0.2, -0.15) is 0 Å². The van der Waals surface area contributed by atoms with Gasteiger partial charge in [0.1, 0.15) is 0 Å². The van der Waals surface area contributed by atoms with Gasteiger partial charge in [-0.05, 0) is 44.5 Å². The topological polar surface area (TPSA) is 36.1 Å². The second-order valence-corrected chi connectivity index (χ2v) is 4.59. The van der Waals surface area contributed by atoms with Crippen LogP contribution in [0.25, 0.3) is 0 Å². The molecule has 16 heavy (non-hydrogen) atoms. The van der Waals surface area contributed by atoms with Gasteiger partial charge < -0.3 is 4.98 Å². The van der Waals surface area contributed by atoms with Gasteiger partial charge in [-0.1, -0.05) is 13.3 Å². The first-order chi connectivity index (χ1) is 7.72. The van der Waals surface area contributed by atoms with Crippen LogP contribution in [-0.4, -0.2) is 23.0 Å². The molecule has 88 valence electrons. The normalized spacial score (nSPS) is 22.2. The van der Waals surface area contributed by atoms with E-state index in [-0.39, 0.29) is 5.56 Å². The molecule has 1 N–H and O–H groups in total. The van der Waals surface area contributed by atoms with E-state index in [1.54, 1.807) is 0 Å². The highest BCUT2D eigenvalue weighted by Gasteiger charge is 2.22. The molecule has 1 aromatic rings. The number of nitrogens with one attached hydrogen (secondary N) is 1. The molecule has 2 rings (SSSR count). The average Bonchev–Trinajstić information content (AvgIpc) is 2.32. The molecule has 0 spiro atoms. The summed E-state index contributed by atoms with van der Waals surface area (Å²) >= 11 is 0. The highest BCUT2D eigenvalue weighted by atomic mass is 16.1. The quantitative estimate of drug-likeness (QED) is 0.829. The van der Waals surface area contributed by atoms with Crippen LogP contribution < -0.4 is 5.56 Å². The predicted octanol–water partition coefficient (Wildman–Crippen LogP) is 2.23. The third kappa shape index (κ3) is 2.19. The van der Waals surface area contributed by atoms with E-state index in [1.165, 1.54) is 31.4 Å². The van der Waals surface area contributed by atoms with Crippen LogP contribution in [0.5, 0.6) is 0 Å². The van der Waals surface area contributed by atoms with Crippen LogP contribution in [0.15, 0.2) is 17.1 Å². The van der Waals surface area contributed by atoms with Crippen molar-refractivity contribution in [3.05, 3.63) is 33.7 Å². The molecule has 0 unspecified atom stereocenters. The van der Waals surface area contributed by atoms with Gasteiger partial charge in [0.2, 0.25) is 0 Å². The minimum absolute atomic E-state index is 0.0302. The fourth-order valence-corrected chi connectivity index (χ4v) is 2.56. The number of aromatic nitrogens is 1. The Morgan fingerprint density at radius 3 is 3.00 bits per heavy atom. The lowest BCUT2D eigenvalue weighted by Gasteiger charge is -2.35. The summed E-state index contributed by atoms with van der Waals surface area (Å²) in [7, 11) is 0. The van der Waals surface area contributed by atoms with E-state index in [9.17, 15) is 4.79 Å². The van der Waals surface area contributed by atoms with Gasteiger partial charge in [0.25, 0.3) is 5.56 Å². The van der Waals surface area contributed by atoms with Crippen LogP contribution in [0, 0.1) is 6.92 Å². The van der Waals surface area contributed by atoms with Crippen molar-refractivity contribution in [3.8, 4) is 0 Å². The molecular weight excluding hydrogens is 200 g/mol. The number of aryl methyl sites for hydroxylation is 1. The Kier molecular flexibility index (Phi) is 3.44. The van der Waals surface area contributed by atoms with Gasteiger partial charge in [0, 0.05) is 17.8 Å². The molecule has 1 aliphatic rings. The Morgan fingerprint density at radius 1 is 1.50 bits per heavy atom. The summed E-state index contributed by atoms with van der Waals surface area (Å²) in [5.74, 6) is 0. The number of hydrogen-bond acceptors (Lipinski definition) is 2. The van der Waals surface area contributed by atoms with Crippen molar-refractivity contribution in [3.63, 3.8) is 0 Å². The first-order valence-corrected chi connectivity index (χ1v) is 6.15. The standard InChI is InChI=1S/C13H20N2O/c1-3-15-7-5-4-6-12(15)11-8-10(2)13(16)14-9-11/h8-9,12H,3-7H2,1-2H3,(H,14,16)/t12-/m0/s1. The van der Waals surface area contributed by atoms with E-state index in [0.29, 0.717) is 6.04 Å².